The van der Waals surface area contributed by atoms with E-state index in [-0.39, 0.29) is 27.7 Å². The summed E-state index contributed by atoms with van der Waals surface area (Å²) < 4.78 is 10.4. The van der Waals surface area contributed by atoms with E-state index in [9.17, 15) is 24.6 Å². The molecule has 4 aromatic rings. The van der Waals surface area contributed by atoms with Crippen molar-refractivity contribution < 1.29 is 34.1 Å². The number of aromatic amines is 1. The minimum absolute atomic E-state index is 0.0114. The zero-order valence-electron chi connectivity index (χ0n) is 20.1. The fourth-order valence-electron chi connectivity index (χ4n) is 4.37. The highest BCUT2D eigenvalue weighted by atomic mass is 35.5. The number of ketones is 1. The van der Waals surface area contributed by atoms with E-state index in [1.165, 1.54) is 50.6 Å². The second-order valence-electron chi connectivity index (χ2n) is 8.39. The summed E-state index contributed by atoms with van der Waals surface area (Å²) in [6, 6.07) is 14.4. The van der Waals surface area contributed by atoms with Gasteiger partial charge in [-0.25, -0.2) is 9.78 Å². The number of nitrogens with one attached hydrogen (secondary N) is 1. The van der Waals surface area contributed by atoms with Gasteiger partial charge in [-0.2, -0.15) is 0 Å². The maximum Gasteiger partial charge on any atom is 0.335 e. The fraction of sp³-hybridized carbons (Fsp3) is 0.111. The van der Waals surface area contributed by atoms with E-state index in [0.717, 1.165) is 4.90 Å². The molecule has 1 aromatic heterocycles. The molecule has 38 heavy (non-hydrogen) atoms. The highest BCUT2D eigenvalue weighted by Crippen LogP contribution is 2.42. The highest BCUT2D eigenvalue weighted by molar-refractivity contribution is 6.51. The minimum Gasteiger partial charge on any atom is -0.507 e. The Morgan fingerprint density at radius 2 is 1.68 bits per heavy atom. The van der Waals surface area contributed by atoms with E-state index in [1.807, 2.05) is 0 Å². The number of Topliss-reactive ketones (excluding diaryl/α,β-unsaturated/α-hetero) is 1. The van der Waals surface area contributed by atoms with Gasteiger partial charge in [-0.1, -0.05) is 23.7 Å². The number of imidazole rings is 1. The SMILES string of the molecule is COc1ccc(C2/C(=C(\O)c3ccc(OC)c(Cl)c3)C(=O)C(=O)N2c2nc3ccc(C(=O)O)cc3[nH]2)cc1. The number of carbonyl (C=O) groups excluding carboxylic acids is 2. The number of anilines is 1. The number of aromatic carboxylic acids is 1. The van der Waals surface area contributed by atoms with Crippen molar-refractivity contribution in [2.75, 3.05) is 19.1 Å². The topological polar surface area (TPSA) is 142 Å². The van der Waals surface area contributed by atoms with Crippen molar-refractivity contribution in [2.24, 2.45) is 0 Å². The summed E-state index contributed by atoms with van der Waals surface area (Å²) in [5.74, 6) is -2.47. The number of aliphatic hydroxyl groups is 1. The fourth-order valence-corrected chi connectivity index (χ4v) is 4.62. The molecular weight excluding hydrogens is 514 g/mol. The summed E-state index contributed by atoms with van der Waals surface area (Å²) in [5, 5.41) is 20.8. The van der Waals surface area contributed by atoms with E-state index in [0.29, 0.717) is 28.1 Å². The van der Waals surface area contributed by atoms with Crippen molar-refractivity contribution in [3.05, 3.63) is 87.9 Å². The molecule has 1 atom stereocenters. The van der Waals surface area contributed by atoms with E-state index in [1.54, 1.807) is 24.3 Å². The lowest BCUT2D eigenvalue weighted by atomic mass is 9.95. The number of amides is 1. The molecule has 0 spiro atoms. The monoisotopic (exact) mass is 533 g/mol. The number of halogens is 1. The van der Waals surface area contributed by atoms with E-state index >= 15 is 0 Å². The van der Waals surface area contributed by atoms with Crippen molar-refractivity contribution >= 4 is 52.0 Å². The molecule has 10 nitrogen and oxygen atoms in total. The van der Waals surface area contributed by atoms with Crippen molar-refractivity contribution in [2.45, 2.75) is 6.04 Å². The first-order chi connectivity index (χ1) is 18.2. The van der Waals surface area contributed by atoms with Gasteiger partial charge in [0, 0.05) is 5.56 Å². The third kappa shape index (κ3) is 4.10. The molecule has 3 N–H and O–H groups in total. The van der Waals surface area contributed by atoms with Crippen LogP contribution < -0.4 is 14.4 Å². The number of hydrogen-bond acceptors (Lipinski definition) is 7. The third-order valence-corrected chi connectivity index (χ3v) is 6.54. The zero-order chi connectivity index (χ0) is 27.1. The maximum absolute atomic E-state index is 13.4. The van der Waals surface area contributed by atoms with Crippen LogP contribution in [-0.4, -0.2) is 52.1 Å². The molecule has 0 aliphatic carbocycles. The lowest BCUT2D eigenvalue weighted by Gasteiger charge is -2.23. The molecule has 1 aliphatic rings. The zero-order valence-corrected chi connectivity index (χ0v) is 20.8. The van der Waals surface area contributed by atoms with Crippen LogP contribution in [-0.2, 0) is 9.59 Å². The Hall–Kier alpha value is -4.83. The number of H-pyrrole nitrogens is 1. The van der Waals surface area contributed by atoms with Crippen LogP contribution in [0.4, 0.5) is 5.95 Å². The first kappa shape index (κ1) is 24.8. The number of nitrogens with zero attached hydrogens (tertiary/aromatic N) is 2. The number of rotatable bonds is 6. The van der Waals surface area contributed by atoms with Crippen LogP contribution >= 0.6 is 11.6 Å². The minimum atomic E-state index is -1.13. The van der Waals surface area contributed by atoms with E-state index < -0.39 is 29.5 Å². The molecule has 192 valence electrons. The lowest BCUT2D eigenvalue weighted by Crippen LogP contribution is -2.30. The smallest absolute Gasteiger partial charge is 0.335 e. The Kier molecular flexibility index (Phi) is 6.25. The molecule has 0 radical (unpaired) electrons. The number of fused-ring (bicyclic) bond motifs is 1. The third-order valence-electron chi connectivity index (χ3n) is 6.25. The highest BCUT2D eigenvalue weighted by Gasteiger charge is 2.48. The summed E-state index contributed by atoms with van der Waals surface area (Å²) in [7, 11) is 2.96. The first-order valence-electron chi connectivity index (χ1n) is 11.3. The van der Waals surface area contributed by atoms with Gasteiger partial charge in [0.1, 0.15) is 17.3 Å². The molecule has 0 bridgehead atoms. The number of carbonyl (C=O) groups is 3. The van der Waals surface area contributed by atoms with Gasteiger partial charge < -0.3 is 24.7 Å². The summed E-state index contributed by atoms with van der Waals surface area (Å²) in [6.07, 6.45) is 0. The largest absolute Gasteiger partial charge is 0.507 e. The van der Waals surface area contributed by atoms with Gasteiger partial charge in [0.25, 0.3) is 5.78 Å². The van der Waals surface area contributed by atoms with Crippen LogP contribution in [0, 0.1) is 0 Å². The van der Waals surface area contributed by atoms with Crippen LogP contribution in [0.25, 0.3) is 16.8 Å². The molecule has 1 saturated heterocycles. The van der Waals surface area contributed by atoms with Crippen LogP contribution in [0.3, 0.4) is 0 Å². The molecule has 1 unspecified atom stereocenters. The van der Waals surface area contributed by atoms with Gasteiger partial charge in [-0.15, -0.1) is 0 Å². The average molecular weight is 534 g/mol. The van der Waals surface area contributed by atoms with E-state index in [2.05, 4.69) is 9.97 Å². The molecule has 3 aromatic carbocycles. The number of methoxy groups -OCH3 is 2. The Labute approximate surface area is 220 Å². The average Bonchev–Trinajstić information content (AvgIpc) is 3.45. The Morgan fingerprint density at radius 3 is 2.32 bits per heavy atom. The predicted molar refractivity (Wildman–Crippen MR) is 139 cm³/mol. The molecular formula is C27H20ClN3O7. The van der Waals surface area contributed by atoms with Crippen molar-refractivity contribution in [3.8, 4) is 11.5 Å². The number of hydrogen-bond donors (Lipinski definition) is 3. The maximum atomic E-state index is 13.4. The van der Waals surface area contributed by atoms with Crippen LogP contribution in [0.1, 0.15) is 27.5 Å². The lowest BCUT2D eigenvalue weighted by molar-refractivity contribution is -0.132. The van der Waals surface area contributed by atoms with Gasteiger partial charge in [0.15, 0.2) is 0 Å². The summed E-state index contributed by atoms with van der Waals surface area (Å²) in [5.41, 5.74) is 1.31. The van der Waals surface area contributed by atoms with Crippen molar-refractivity contribution in [1.29, 1.82) is 0 Å². The van der Waals surface area contributed by atoms with E-state index in [4.69, 9.17) is 21.1 Å². The van der Waals surface area contributed by atoms with Gasteiger partial charge in [0.05, 0.1) is 47.5 Å². The molecule has 1 fully saturated rings. The Bertz CT molecular complexity index is 1640. The van der Waals surface area contributed by atoms with Crippen LogP contribution in [0.5, 0.6) is 11.5 Å². The number of aliphatic hydroxyl groups excluding tert-OH is 1. The summed E-state index contributed by atoms with van der Waals surface area (Å²) in [6.45, 7) is 0. The number of carboxylic acids is 1. The number of aromatic nitrogens is 2. The molecule has 1 amide bonds. The standard InChI is InChI=1S/C27H20ClN3O7/c1-37-16-7-3-13(4-8-16)22-21(23(32)14-6-10-20(38-2)17(28)11-14)24(33)25(34)31(22)27-29-18-9-5-15(26(35)36)12-19(18)30-27/h3-12,22,32H,1-2H3,(H,29,30)(H,35,36)/b23-21+. The van der Waals surface area contributed by atoms with Crippen LogP contribution in [0.2, 0.25) is 5.02 Å². The van der Waals surface area contributed by atoms with Gasteiger partial charge in [0.2, 0.25) is 5.95 Å². The first-order valence-corrected chi connectivity index (χ1v) is 11.6. The van der Waals surface area contributed by atoms with Crippen molar-refractivity contribution in [3.63, 3.8) is 0 Å². The Balaban J connectivity index is 1.70. The molecule has 5 rings (SSSR count). The number of ether oxygens (including phenoxy) is 2. The molecule has 0 saturated carbocycles. The summed E-state index contributed by atoms with van der Waals surface area (Å²) in [4.78, 5) is 46.7. The van der Waals surface area contributed by atoms with Gasteiger partial charge in [-0.3, -0.25) is 14.5 Å². The number of carboxylic acid groups (broad SMARTS) is 1. The normalized spacial score (nSPS) is 16.7. The van der Waals surface area contributed by atoms with Crippen molar-refractivity contribution in [1.82, 2.24) is 9.97 Å². The number of benzene rings is 3. The van der Waals surface area contributed by atoms with Gasteiger partial charge in [-0.05, 0) is 54.1 Å². The summed E-state index contributed by atoms with van der Waals surface area (Å²) >= 11 is 6.25. The van der Waals surface area contributed by atoms with Gasteiger partial charge >= 0.3 is 11.9 Å². The molecule has 2 heterocycles. The molecule has 11 heteroatoms. The predicted octanol–water partition coefficient (Wildman–Crippen LogP) is 4.56. The van der Waals surface area contributed by atoms with Crippen LogP contribution in [0.15, 0.2) is 66.2 Å². The molecule has 1 aliphatic heterocycles. The second kappa shape index (κ2) is 9.56. The second-order valence-corrected chi connectivity index (χ2v) is 8.80. The quantitative estimate of drug-likeness (QED) is 0.186. The Morgan fingerprint density at radius 1 is 0.974 bits per heavy atom.